The molecule has 0 spiro atoms. The smallest absolute Gasteiger partial charge is 0.315 e. The molecule has 2 unspecified atom stereocenters. The zero-order chi connectivity index (χ0) is 27.0. The summed E-state index contributed by atoms with van der Waals surface area (Å²) in [5.41, 5.74) is 0. The third-order valence-corrected chi connectivity index (χ3v) is 9.36. The molecule has 5 rings (SSSR count). The predicted molar refractivity (Wildman–Crippen MR) is 155 cm³/mol. The van der Waals surface area contributed by atoms with Crippen molar-refractivity contribution >= 4 is 23.7 Å². The predicted octanol–water partition coefficient (Wildman–Crippen LogP) is 3.04. The molecule has 0 radical (unpaired) electrons. The second-order valence-corrected chi connectivity index (χ2v) is 12.6. The van der Waals surface area contributed by atoms with Crippen molar-refractivity contribution in [2.45, 2.75) is 115 Å². The molecule has 4 amide bonds. The average Bonchev–Trinajstić information content (AvgIpc) is 2.94. The molecular weight excluding hydrogens is 492 g/mol. The maximum absolute atomic E-state index is 12.8. The molecule has 3 fully saturated rings. The number of hydrogen-bond donors (Lipinski definition) is 6. The Morgan fingerprint density at radius 2 is 1.03 bits per heavy atom. The number of nitrogens with zero attached hydrogens (tertiary/aromatic N) is 2. The number of amidine groups is 2. The number of carbonyl (C=O) groups excluding carboxylic acids is 2. The largest absolute Gasteiger partial charge is 0.374 e. The summed E-state index contributed by atoms with van der Waals surface area (Å²) in [6.45, 7) is 6.16. The second kappa shape index (κ2) is 13.7. The van der Waals surface area contributed by atoms with Crippen LogP contribution >= 0.6 is 0 Å². The summed E-state index contributed by atoms with van der Waals surface area (Å²) in [4.78, 5) is 35.0. The van der Waals surface area contributed by atoms with Crippen LogP contribution in [0.15, 0.2) is 9.98 Å². The fraction of sp³-hybridized carbons (Fsp3) is 0.862. The van der Waals surface area contributed by atoms with Crippen LogP contribution in [0, 0.1) is 17.8 Å². The first-order valence-corrected chi connectivity index (χ1v) is 15.7. The maximum atomic E-state index is 12.8. The van der Waals surface area contributed by atoms with Crippen LogP contribution in [-0.2, 0) is 0 Å². The normalized spacial score (nSPS) is 35.3. The van der Waals surface area contributed by atoms with Gasteiger partial charge in [-0.3, -0.25) is 9.98 Å². The molecule has 0 bridgehead atoms. The van der Waals surface area contributed by atoms with E-state index in [4.69, 9.17) is 0 Å². The topological polar surface area (TPSA) is 131 Å². The van der Waals surface area contributed by atoms with Crippen LogP contribution < -0.4 is 31.9 Å². The van der Waals surface area contributed by atoms with Crippen molar-refractivity contribution in [2.75, 3.05) is 26.2 Å². The summed E-state index contributed by atoms with van der Waals surface area (Å²) in [7, 11) is 0. The highest BCUT2D eigenvalue weighted by atomic mass is 16.2. The molecule has 10 heteroatoms. The molecule has 39 heavy (non-hydrogen) atoms. The molecule has 0 aromatic carbocycles. The first kappa shape index (κ1) is 28.0. The Morgan fingerprint density at radius 3 is 1.41 bits per heavy atom. The Balaban J connectivity index is 0.998. The summed E-state index contributed by atoms with van der Waals surface area (Å²) in [6.07, 6.45) is 13.2. The molecule has 0 aromatic rings. The third kappa shape index (κ3) is 8.24. The second-order valence-electron chi connectivity index (χ2n) is 12.6. The van der Waals surface area contributed by atoms with Gasteiger partial charge in [0.1, 0.15) is 0 Å². The van der Waals surface area contributed by atoms with E-state index in [1.807, 2.05) is 0 Å². The van der Waals surface area contributed by atoms with E-state index < -0.39 is 0 Å². The molecule has 10 nitrogen and oxygen atoms in total. The van der Waals surface area contributed by atoms with Crippen LogP contribution in [-0.4, -0.2) is 74.1 Å². The lowest BCUT2D eigenvalue weighted by Crippen LogP contribution is -2.54. The lowest BCUT2D eigenvalue weighted by Gasteiger charge is -2.36. The Bertz CT molecular complexity index is 822. The lowest BCUT2D eigenvalue weighted by atomic mass is 9.83. The van der Waals surface area contributed by atoms with Gasteiger partial charge in [0, 0.05) is 62.2 Å². The minimum Gasteiger partial charge on any atom is -0.374 e. The fourth-order valence-corrected chi connectivity index (χ4v) is 7.34. The summed E-state index contributed by atoms with van der Waals surface area (Å²) < 4.78 is 0. The van der Waals surface area contributed by atoms with Gasteiger partial charge in [-0.15, -0.1) is 0 Å². The van der Waals surface area contributed by atoms with Gasteiger partial charge >= 0.3 is 12.1 Å². The van der Waals surface area contributed by atoms with Crippen LogP contribution in [0.5, 0.6) is 0 Å². The van der Waals surface area contributed by atoms with E-state index in [0.29, 0.717) is 17.8 Å². The summed E-state index contributed by atoms with van der Waals surface area (Å²) >= 11 is 0. The van der Waals surface area contributed by atoms with Gasteiger partial charge in [0.25, 0.3) is 0 Å². The Labute approximate surface area is 233 Å². The van der Waals surface area contributed by atoms with Gasteiger partial charge in [0.15, 0.2) is 0 Å². The van der Waals surface area contributed by atoms with Gasteiger partial charge in [0.05, 0.1) is 11.7 Å². The number of nitrogens with one attached hydrogen (secondary N) is 6. The van der Waals surface area contributed by atoms with Gasteiger partial charge in [-0.25, -0.2) is 9.59 Å². The highest BCUT2D eigenvalue weighted by Crippen LogP contribution is 2.28. The van der Waals surface area contributed by atoms with E-state index >= 15 is 0 Å². The van der Waals surface area contributed by atoms with Crippen molar-refractivity contribution in [3.8, 4) is 0 Å². The molecule has 2 atom stereocenters. The molecule has 5 aliphatic rings. The Kier molecular flexibility index (Phi) is 9.85. The van der Waals surface area contributed by atoms with E-state index in [1.54, 1.807) is 0 Å². The zero-order valence-corrected chi connectivity index (χ0v) is 23.8. The Morgan fingerprint density at radius 1 is 0.615 bits per heavy atom. The van der Waals surface area contributed by atoms with E-state index in [9.17, 15) is 9.59 Å². The van der Waals surface area contributed by atoms with Crippen LogP contribution in [0.25, 0.3) is 0 Å². The highest BCUT2D eigenvalue weighted by Gasteiger charge is 2.32. The number of amides is 4. The average molecular weight is 543 g/mol. The van der Waals surface area contributed by atoms with Crippen molar-refractivity contribution in [3.63, 3.8) is 0 Å². The standard InChI is InChI=1S/C29H50N8O2/c1-19-16-24(36-28(38)34-22-8-4-20(5-9-22)26-30-12-2-13-31-26)18-25(17-19)37-29(39)35-23-10-6-21(7-11-23)27-32-14-3-15-33-27/h19-25H,2-18H2,1H3,(H,30,31)(H,32,33)(H2,34,36,38)(H2,35,37,39). The number of rotatable bonds is 6. The lowest BCUT2D eigenvalue weighted by molar-refractivity contribution is 0.201. The minimum atomic E-state index is -0.0669. The molecule has 218 valence electrons. The molecular formula is C29H50N8O2. The van der Waals surface area contributed by atoms with Crippen molar-refractivity contribution in [2.24, 2.45) is 27.7 Å². The first-order chi connectivity index (χ1) is 19.0. The highest BCUT2D eigenvalue weighted by molar-refractivity contribution is 5.85. The van der Waals surface area contributed by atoms with Gasteiger partial charge in [0.2, 0.25) is 0 Å². The number of carbonyl (C=O) groups is 2. The van der Waals surface area contributed by atoms with E-state index in [0.717, 1.165) is 110 Å². The van der Waals surface area contributed by atoms with E-state index in [1.165, 1.54) is 11.7 Å². The Hall–Kier alpha value is -2.52. The first-order valence-electron chi connectivity index (χ1n) is 15.7. The maximum Gasteiger partial charge on any atom is 0.315 e. The molecule has 2 heterocycles. The minimum absolute atomic E-state index is 0.0669. The SMILES string of the molecule is CC1CC(NC(=O)NC2CCC(C3=NCCCN3)CC2)CC(NC(=O)NC2CCC(C3=NCCCN3)CC2)C1. The molecule has 3 saturated carbocycles. The molecule has 2 aliphatic heterocycles. The summed E-state index contributed by atoms with van der Waals surface area (Å²) in [6, 6.07) is 0.473. The van der Waals surface area contributed by atoms with E-state index in [-0.39, 0.29) is 36.2 Å². The summed E-state index contributed by atoms with van der Waals surface area (Å²) in [5, 5.41) is 19.8. The molecule has 0 saturated heterocycles. The van der Waals surface area contributed by atoms with Crippen molar-refractivity contribution in [1.82, 2.24) is 31.9 Å². The van der Waals surface area contributed by atoms with E-state index in [2.05, 4.69) is 48.8 Å². The monoisotopic (exact) mass is 542 g/mol. The quantitative estimate of drug-likeness (QED) is 0.308. The molecule has 6 N–H and O–H groups in total. The zero-order valence-electron chi connectivity index (χ0n) is 23.8. The van der Waals surface area contributed by atoms with Crippen LogP contribution in [0.3, 0.4) is 0 Å². The van der Waals surface area contributed by atoms with Crippen molar-refractivity contribution in [1.29, 1.82) is 0 Å². The number of aliphatic imine (C=N–C) groups is 2. The third-order valence-electron chi connectivity index (χ3n) is 9.36. The van der Waals surface area contributed by atoms with Crippen LogP contribution in [0.4, 0.5) is 9.59 Å². The van der Waals surface area contributed by atoms with Gasteiger partial charge in [-0.2, -0.15) is 0 Å². The molecule has 0 aromatic heterocycles. The number of urea groups is 2. The van der Waals surface area contributed by atoms with Gasteiger partial charge in [-0.1, -0.05) is 6.92 Å². The summed E-state index contributed by atoms with van der Waals surface area (Å²) in [5.74, 6) is 3.85. The van der Waals surface area contributed by atoms with Crippen LogP contribution in [0.1, 0.15) is 90.4 Å². The van der Waals surface area contributed by atoms with Gasteiger partial charge < -0.3 is 31.9 Å². The van der Waals surface area contributed by atoms with Gasteiger partial charge in [-0.05, 0) is 89.4 Å². The van der Waals surface area contributed by atoms with Crippen LogP contribution in [0.2, 0.25) is 0 Å². The van der Waals surface area contributed by atoms with Crippen molar-refractivity contribution in [3.05, 3.63) is 0 Å². The van der Waals surface area contributed by atoms with Crippen molar-refractivity contribution < 1.29 is 9.59 Å². The molecule has 3 aliphatic carbocycles. The fourth-order valence-electron chi connectivity index (χ4n) is 7.34. The number of hydrogen-bond acceptors (Lipinski definition) is 6.